The van der Waals surface area contributed by atoms with Crippen molar-refractivity contribution in [3.05, 3.63) is 35.9 Å². The SMILES string of the molecule is CCCCCCCCCCCCCCCC(=O)N[C@H](C(=O)N[C@H](C(=O)C[C@@H](Cc1ccccc1)C(=O)N[C@@H](CCCN=C(N)N)C(=O)C[C@@H](CO)C(=O)N[C@@H](CO)C(=O)C[C@@H](CCCN=C(N)N)C(=O)N[C@@H](CCC(=O)O)C(C)=O)C(C)C)[C@@H](C)O. The molecule has 0 saturated heterocycles. The maximum Gasteiger partial charge on any atom is 0.303 e. The number of aliphatic carboxylic acids is 1. The Morgan fingerprint density at radius 1 is 0.500 bits per heavy atom. The number of hydrogen-bond acceptors (Lipinski definition) is 15. The third kappa shape index (κ3) is 33.7. The van der Waals surface area contributed by atoms with Crippen molar-refractivity contribution in [1.82, 2.24) is 26.6 Å². The van der Waals surface area contributed by atoms with Gasteiger partial charge in [0.1, 0.15) is 12.1 Å². The van der Waals surface area contributed by atoms with Crippen molar-refractivity contribution in [2.24, 2.45) is 56.6 Å². The summed E-state index contributed by atoms with van der Waals surface area (Å²) in [4.78, 5) is 142. The molecule has 0 aliphatic carbocycles. The van der Waals surface area contributed by atoms with Crippen LogP contribution in [0.2, 0.25) is 0 Å². The average molecular weight is 1210 g/mol. The molecule has 0 bridgehead atoms. The largest absolute Gasteiger partial charge is 0.481 e. The lowest BCUT2D eigenvalue weighted by atomic mass is 9.87. The number of benzene rings is 1. The molecular formula is C61H103N11O14. The molecule has 9 atom stereocenters. The number of nitrogens with two attached hydrogens (primary N) is 4. The van der Waals surface area contributed by atoms with Gasteiger partial charge in [0.15, 0.2) is 35.1 Å². The average Bonchev–Trinajstić information content (AvgIpc) is 2.70. The zero-order valence-corrected chi connectivity index (χ0v) is 51.5. The molecule has 0 aliphatic heterocycles. The minimum absolute atomic E-state index is 0.00327. The molecule has 17 N–H and O–H groups in total. The molecule has 1 aromatic rings. The second kappa shape index (κ2) is 44.6. The molecule has 0 unspecified atom stereocenters. The lowest BCUT2D eigenvalue weighted by Gasteiger charge is -2.28. The first-order valence-electron chi connectivity index (χ1n) is 30.7. The molecule has 0 fully saturated rings. The van der Waals surface area contributed by atoms with E-state index in [4.69, 9.17) is 28.0 Å². The summed E-state index contributed by atoms with van der Waals surface area (Å²) in [5.74, 6) is -12.5. The summed E-state index contributed by atoms with van der Waals surface area (Å²) in [7, 11) is 0. The van der Waals surface area contributed by atoms with Crippen LogP contribution in [-0.2, 0) is 54.4 Å². The molecule has 0 aromatic heterocycles. The van der Waals surface area contributed by atoms with E-state index in [1.54, 1.807) is 44.2 Å². The highest BCUT2D eigenvalue weighted by Gasteiger charge is 2.36. The van der Waals surface area contributed by atoms with Gasteiger partial charge >= 0.3 is 5.97 Å². The van der Waals surface area contributed by atoms with E-state index in [1.165, 1.54) is 58.3 Å². The van der Waals surface area contributed by atoms with Gasteiger partial charge in [-0.15, -0.1) is 0 Å². The van der Waals surface area contributed by atoms with Gasteiger partial charge in [0.2, 0.25) is 29.5 Å². The van der Waals surface area contributed by atoms with E-state index in [0.29, 0.717) is 12.0 Å². The maximum absolute atomic E-state index is 14.5. The first kappa shape index (κ1) is 77.2. The zero-order valence-electron chi connectivity index (χ0n) is 51.5. The molecule has 0 spiro atoms. The van der Waals surface area contributed by atoms with E-state index in [9.17, 15) is 63.3 Å². The van der Waals surface area contributed by atoms with E-state index in [0.717, 1.165) is 32.6 Å². The summed E-state index contributed by atoms with van der Waals surface area (Å²) in [6.07, 6.45) is 11.4. The van der Waals surface area contributed by atoms with Gasteiger partial charge in [0.05, 0.1) is 43.4 Å². The smallest absolute Gasteiger partial charge is 0.303 e. The first-order chi connectivity index (χ1) is 40.8. The van der Waals surface area contributed by atoms with Crippen LogP contribution >= 0.6 is 0 Å². The van der Waals surface area contributed by atoms with Crippen LogP contribution in [0.15, 0.2) is 40.3 Å². The molecule has 1 aromatic carbocycles. The normalized spacial score (nSPS) is 14.3. The number of aliphatic hydroxyl groups excluding tert-OH is 3. The fourth-order valence-corrected chi connectivity index (χ4v) is 9.78. The highest BCUT2D eigenvalue weighted by Crippen LogP contribution is 2.21. The van der Waals surface area contributed by atoms with Crippen LogP contribution in [0.5, 0.6) is 0 Å². The number of aliphatic hydroxyl groups is 3. The molecule has 0 radical (unpaired) electrons. The van der Waals surface area contributed by atoms with Crippen molar-refractivity contribution in [3.8, 4) is 0 Å². The first-order valence-corrected chi connectivity index (χ1v) is 30.7. The topological polar surface area (TPSA) is 441 Å². The van der Waals surface area contributed by atoms with Crippen LogP contribution in [-0.4, -0.2) is 154 Å². The predicted octanol–water partition coefficient (Wildman–Crippen LogP) is 2.44. The van der Waals surface area contributed by atoms with E-state index < -0.39 is 158 Å². The van der Waals surface area contributed by atoms with Crippen LogP contribution in [0.4, 0.5) is 0 Å². The summed E-state index contributed by atoms with van der Waals surface area (Å²) >= 11 is 0. The highest BCUT2D eigenvalue weighted by atomic mass is 16.4. The Labute approximate surface area is 507 Å². The lowest BCUT2D eigenvalue weighted by molar-refractivity contribution is -0.138. The molecule has 486 valence electrons. The fourth-order valence-electron chi connectivity index (χ4n) is 9.78. The summed E-state index contributed by atoms with van der Waals surface area (Å²) in [5.41, 5.74) is 22.6. The number of carboxylic acid groups (broad SMARTS) is 1. The molecule has 0 saturated carbocycles. The third-order valence-electron chi connectivity index (χ3n) is 14.9. The van der Waals surface area contributed by atoms with Gasteiger partial charge in [-0.05, 0) is 70.3 Å². The van der Waals surface area contributed by atoms with Gasteiger partial charge in [-0.1, -0.05) is 128 Å². The van der Waals surface area contributed by atoms with Crippen molar-refractivity contribution in [2.75, 3.05) is 26.3 Å². The molecule has 0 heterocycles. The van der Waals surface area contributed by atoms with Crippen LogP contribution in [0, 0.1) is 23.7 Å². The van der Waals surface area contributed by atoms with Crippen LogP contribution in [0.25, 0.3) is 0 Å². The van der Waals surface area contributed by atoms with Gasteiger partial charge in [-0.3, -0.25) is 57.9 Å². The van der Waals surface area contributed by atoms with Gasteiger partial charge in [-0.25, -0.2) is 0 Å². The summed E-state index contributed by atoms with van der Waals surface area (Å²) in [6, 6.07) is 1.95. The minimum Gasteiger partial charge on any atom is -0.481 e. The zero-order chi connectivity index (χ0) is 64.6. The molecule has 0 aliphatic rings. The van der Waals surface area contributed by atoms with Crippen LogP contribution in [0.3, 0.4) is 0 Å². The Balaban J connectivity index is 3.31. The third-order valence-corrected chi connectivity index (χ3v) is 14.9. The number of hydrogen-bond donors (Lipinski definition) is 13. The number of carboxylic acids is 1. The summed E-state index contributed by atoms with van der Waals surface area (Å²) in [5, 5.41) is 53.5. The van der Waals surface area contributed by atoms with E-state index in [2.05, 4.69) is 43.5 Å². The fraction of sp³-hybridized carbons (Fsp3) is 0.705. The Kier molecular flexibility index (Phi) is 40.0. The quantitative estimate of drug-likeness (QED) is 0.0253. The molecule has 25 heteroatoms. The number of rotatable bonds is 50. The monoisotopic (exact) mass is 1210 g/mol. The van der Waals surface area contributed by atoms with E-state index >= 15 is 0 Å². The van der Waals surface area contributed by atoms with Gasteiger partial charge in [0, 0.05) is 57.0 Å². The predicted molar refractivity (Wildman–Crippen MR) is 328 cm³/mol. The number of nitrogens with one attached hydrogen (secondary N) is 5. The van der Waals surface area contributed by atoms with Crippen LogP contribution in [0.1, 0.15) is 188 Å². The second-order valence-electron chi connectivity index (χ2n) is 22.8. The van der Waals surface area contributed by atoms with Crippen molar-refractivity contribution in [2.45, 2.75) is 225 Å². The number of carbonyl (C=O) groups is 10. The van der Waals surface area contributed by atoms with Gasteiger partial charge in [0.25, 0.3) is 0 Å². The number of Topliss-reactive ketones (excluding diaryl/α,β-unsaturated/α-hetero) is 4. The number of amides is 5. The number of carbonyl (C=O) groups excluding carboxylic acids is 9. The Morgan fingerprint density at radius 3 is 1.48 bits per heavy atom. The highest BCUT2D eigenvalue weighted by molar-refractivity contribution is 5.98. The second-order valence-corrected chi connectivity index (χ2v) is 22.8. The number of unbranched alkanes of at least 4 members (excludes halogenated alkanes) is 12. The van der Waals surface area contributed by atoms with E-state index in [-0.39, 0.29) is 70.0 Å². The molecular weight excluding hydrogens is 1110 g/mol. The van der Waals surface area contributed by atoms with Crippen molar-refractivity contribution in [1.29, 1.82) is 0 Å². The standard InChI is InChI=1S/C61H103N11O14/c1-6-7-8-9-10-11-12-13-14-15-16-17-21-28-52(80)71-55(41(5)76)59(86)72-54(39(2)3)51(79)35-44(33-42-24-19-18-20-25-42)57(84)69-47(27-23-32-67-61(64)65)49(77)36-45(37-73)58(85)70-48(38-74)50(78)34-43(26-22-31-66-60(62)63)56(83)68-46(40(4)75)29-30-53(81)82/h18-20,24-25,39,41,43-48,54-55,73-74,76H,6-17,21-23,26-38H2,1-5H3,(H,68,83)(H,69,84)(H,70,85)(H,71,80)(H,72,86)(H,81,82)(H4,62,63,66)(H4,64,65,67)/t41-,43-,44-,45+,46+,47+,48+,54+,55+/m1/s1. The number of ketones is 4. The molecule has 1 rings (SSSR count). The van der Waals surface area contributed by atoms with Crippen molar-refractivity contribution >= 4 is 70.6 Å². The lowest BCUT2D eigenvalue weighted by Crippen LogP contribution is -2.57. The Bertz CT molecular complexity index is 2310. The number of nitrogens with zero attached hydrogens (tertiary/aromatic N) is 2. The van der Waals surface area contributed by atoms with Gasteiger partial charge in [-0.2, -0.15) is 0 Å². The van der Waals surface area contributed by atoms with E-state index in [1.807, 2.05) is 0 Å². The van der Waals surface area contributed by atoms with Crippen molar-refractivity contribution < 1.29 is 68.4 Å². The van der Waals surface area contributed by atoms with Crippen LogP contribution < -0.4 is 49.5 Å². The van der Waals surface area contributed by atoms with Crippen molar-refractivity contribution in [3.63, 3.8) is 0 Å². The molecule has 25 nitrogen and oxygen atoms in total. The molecule has 5 amide bonds. The number of aliphatic imine (C=N–C) groups is 2. The minimum atomic E-state index is -1.66. The Morgan fingerprint density at radius 2 is 0.977 bits per heavy atom. The summed E-state index contributed by atoms with van der Waals surface area (Å²) < 4.78 is 0. The Hall–Kier alpha value is -6.86. The maximum atomic E-state index is 14.5. The number of guanidine groups is 2. The molecule has 86 heavy (non-hydrogen) atoms. The summed E-state index contributed by atoms with van der Waals surface area (Å²) in [6.45, 7) is 6.26. The van der Waals surface area contributed by atoms with Gasteiger partial charge < -0.3 is 69.9 Å².